The lowest BCUT2D eigenvalue weighted by Gasteiger charge is -2.34. The predicted octanol–water partition coefficient (Wildman–Crippen LogP) is 2.80. The van der Waals surface area contributed by atoms with E-state index in [1.54, 1.807) is 12.3 Å². The number of nitrogens with zero attached hydrogens (tertiary/aromatic N) is 6. The first-order valence-electron chi connectivity index (χ1n) is 9.34. The molecule has 4 rings (SSSR count). The monoisotopic (exact) mass is 396 g/mol. The average Bonchev–Trinajstić information content (AvgIpc) is 3.23. The SMILES string of the molecule is N#Cc1cc(N2CCC(C(=O)N3N=CC[C@H]3c3cc(F)cc(F)c3)CC2)ncn1. The Hall–Kier alpha value is -3.41. The van der Waals surface area contributed by atoms with Crippen LogP contribution in [-0.4, -0.2) is 40.2 Å². The molecule has 0 spiro atoms. The van der Waals surface area contributed by atoms with E-state index in [1.165, 1.54) is 23.5 Å². The molecule has 3 heterocycles. The highest BCUT2D eigenvalue weighted by atomic mass is 19.1. The van der Waals surface area contributed by atoms with Gasteiger partial charge in [-0.15, -0.1) is 0 Å². The number of piperidine rings is 1. The molecular formula is C20H18F2N6O. The minimum Gasteiger partial charge on any atom is -0.356 e. The van der Waals surface area contributed by atoms with Gasteiger partial charge in [-0.3, -0.25) is 4.79 Å². The number of carbonyl (C=O) groups excluding carboxylic acids is 1. The number of rotatable bonds is 3. The van der Waals surface area contributed by atoms with Crippen molar-refractivity contribution in [3.8, 4) is 6.07 Å². The van der Waals surface area contributed by atoms with Crippen molar-refractivity contribution in [2.75, 3.05) is 18.0 Å². The molecule has 1 saturated heterocycles. The summed E-state index contributed by atoms with van der Waals surface area (Å²) in [7, 11) is 0. The molecule has 29 heavy (non-hydrogen) atoms. The molecule has 1 amide bonds. The largest absolute Gasteiger partial charge is 0.356 e. The lowest BCUT2D eigenvalue weighted by molar-refractivity contribution is -0.138. The van der Waals surface area contributed by atoms with Crippen LogP contribution in [0.4, 0.5) is 14.6 Å². The summed E-state index contributed by atoms with van der Waals surface area (Å²) in [6, 6.07) is 6.42. The van der Waals surface area contributed by atoms with Gasteiger partial charge in [0.05, 0.1) is 6.04 Å². The van der Waals surface area contributed by atoms with E-state index in [2.05, 4.69) is 15.1 Å². The van der Waals surface area contributed by atoms with Crippen molar-refractivity contribution in [2.45, 2.75) is 25.3 Å². The number of halogens is 2. The van der Waals surface area contributed by atoms with Gasteiger partial charge < -0.3 is 4.90 Å². The molecule has 7 nitrogen and oxygen atoms in total. The van der Waals surface area contributed by atoms with E-state index in [0.29, 0.717) is 49.4 Å². The highest BCUT2D eigenvalue weighted by Crippen LogP contribution is 2.33. The third-order valence-electron chi connectivity index (χ3n) is 5.26. The lowest BCUT2D eigenvalue weighted by Crippen LogP contribution is -2.41. The summed E-state index contributed by atoms with van der Waals surface area (Å²) in [4.78, 5) is 23.1. The zero-order valence-electron chi connectivity index (χ0n) is 15.5. The molecule has 1 aromatic heterocycles. The average molecular weight is 396 g/mol. The molecule has 2 aliphatic rings. The number of aromatic nitrogens is 2. The van der Waals surface area contributed by atoms with Crippen molar-refractivity contribution in [3.05, 3.63) is 53.5 Å². The summed E-state index contributed by atoms with van der Waals surface area (Å²) in [5.41, 5.74) is 0.695. The van der Waals surface area contributed by atoms with Crippen LogP contribution in [0.2, 0.25) is 0 Å². The normalized spacial score (nSPS) is 19.4. The Morgan fingerprint density at radius 1 is 1.10 bits per heavy atom. The molecule has 0 aliphatic carbocycles. The molecule has 0 N–H and O–H groups in total. The van der Waals surface area contributed by atoms with Crippen molar-refractivity contribution in [1.82, 2.24) is 15.0 Å². The van der Waals surface area contributed by atoms with E-state index < -0.39 is 17.7 Å². The zero-order valence-corrected chi connectivity index (χ0v) is 15.5. The maximum absolute atomic E-state index is 13.6. The summed E-state index contributed by atoms with van der Waals surface area (Å²) in [5, 5.41) is 14.5. The van der Waals surface area contributed by atoms with Gasteiger partial charge in [0, 0.05) is 43.8 Å². The van der Waals surface area contributed by atoms with Gasteiger partial charge in [-0.1, -0.05) is 0 Å². The molecule has 0 bridgehead atoms. The quantitative estimate of drug-likeness (QED) is 0.796. The smallest absolute Gasteiger partial charge is 0.246 e. The van der Waals surface area contributed by atoms with Crippen LogP contribution in [-0.2, 0) is 4.79 Å². The van der Waals surface area contributed by atoms with Crippen LogP contribution in [0.25, 0.3) is 0 Å². The Bertz CT molecular complexity index is 976. The molecule has 1 aromatic carbocycles. The molecule has 9 heteroatoms. The van der Waals surface area contributed by atoms with Crippen molar-refractivity contribution >= 4 is 17.9 Å². The molecule has 148 valence electrons. The van der Waals surface area contributed by atoms with Crippen LogP contribution in [0.5, 0.6) is 0 Å². The highest BCUT2D eigenvalue weighted by molar-refractivity contribution is 5.82. The third-order valence-corrected chi connectivity index (χ3v) is 5.26. The summed E-state index contributed by atoms with van der Waals surface area (Å²) < 4.78 is 27.2. The van der Waals surface area contributed by atoms with E-state index in [-0.39, 0.29) is 11.8 Å². The van der Waals surface area contributed by atoms with Crippen LogP contribution in [0.15, 0.2) is 35.7 Å². The topological polar surface area (TPSA) is 85.5 Å². The molecule has 1 fully saturated rings. The highest BCUT2D eigenvalue weighted by Gasteiger charge is 2.35. The summed E-state index contributed by atoms with van der Waals surface area (Å²) in [6.45, 7) is 1.21. The van der Waals surface area contributed by atoms with E-state index in [4.69, 9.17) is 5.26 Å². The second kappa shape index (κ2) is 7.91. The molecular weight excluding hydrogens is 378 g/mol. The lowest BCUT2D eigenvalue weighted by atomic mass is 9.94. The van der Waals surface area contributed by atoms with Crippen molar-refractivity contribution in [3.63, 3.8) is 0 Å². The van der Waals surface area contributed by atoms with Crippen molar-refractivity contribution < 1.29 is 13.6 Å². The number of carbonyl (C=O) groups is 1. The first kappa shape index (κ1) is 18.9. The summed E-state index contributed by atoms with van der Waals surface area (Å²) in [6.07, 6.45) is 4.57. The minimum atomic E-state index is -0.672. The third kappa shape index (κ3) is 3.92. The van der Waals surface area contributed by atoms with Gasteiger partial charge >= 0.3 is 0 Å². The van der Waals surface area contributed by atoms with E-state index in [0.717, 1.165) is 6.07 Å². The van der Waals surface area contributed by atoms with Crippen LogP contribution in [0, 0.1) is 28.9 Å². The van der Waals surface area contributed by atoms with Crippen LogP contribution in [0.1, 0.15) is 36.6 Å². The number of hydrogen-bond donors (Lipinski definition) is 0. The van der Waals surface area contributed by atoms with Gasteiger partial charge in [-0.25, -0.2) is 23.8 Å². The number of hydrogen-bond acceptors (Lipinski definition) is 6. The molecule has 1 atom stereocenters. The van der Waals surface area contributed by atoms with Crippen LogP contribution in [0.3, 0.4) is 0 Å². The Morgan fingerprint density at radius 2 is 1.83 bits per heavy atom. The standard InChI is InChI=1S/C20H18F2N6O/c21-15-7-14(8-16(22)9-15)18-1-4-26-28(18)20(29)13-2-5-27(6-3-13)19-10-17(11-23)24-12-25-19/h4,7-10,12-13,18H,1-3,5-6H2/t18-/m0/s1. The zero-order chi connectivity index (χ0) is 20.4. The molecule has 0 radical (unpaired) electrons. The minimum absolute atomic E-state index is 0.145. The molecule has 2 aliphatic heterocycles. The second-order valence-corrected chi connectivity index (χ2v) is 7.07. The van der Waals surface area contributed by atoms with Gasteiger partial charge in [0.15, 0.2) is 0 Å². The number of nitriles is 1. The molecule has 0 saturated carbocycles. The number of hydrazone groups is 1. The van der Waals surface area contributed by atoms with Gasteiger partial charge in [0.2, 0.25) is 5.91 Å². The fraction of sp³-hybridized carbons (Fsp3) is 0.350. The Morgan fingerprint density at radius 3 is 2.52 bits per heavy atom. The van der Waals surface area contributed by atoms with Gasteiger partial charge in [0.25, 0.3) is 0 Å². The molecule has 2 aromatic rings. The first-order chi connectivity index (χ1) is 14.0. The van der Waals surface area contributed by atoms with Gasteiger partial charge in [-0.05, 0) is 30.5 Å². The van der Waals surface area contributed by atoms with E-state index >= 15 is 0 Å². The van der Waals surface area contributed by atoms with Crippen LogP contribution >= 0.6 is 0 Å². The number of anilines is 1. The Balaban J connectivity index is 1.43. The van der Waals surface area contributed by atoms with Gasteiger partial charge in [0.1, 0.15) is 35.5 Å². The fourth-order valence-corrected chi connectivity index (χ4v) is 3.79. The predicted molar refractivity (Wildman–Crippen MR) is 101 cm³/mol. The van der Waals surface area contributed by atoms with E-state index in [9.17, 15) is 13.6 Å². The fourth-order valence-electron chi connectivity index (χ4n) is 3.79. The summed E-state index contributed by atoms with van der Waals surface area (Å²) >= 11 is 0. The van der Waals surface area contributed by atoms with Crippen molar-refractivity contribution in [1.29, 1.82) is 5.26 Å². The van der Waals surface area contributed by atoms with Gasteiger partial charge in [-0.2, -0.15) is 10.4 Å². The van der Waals surface area contributed by atoms with Crippen molar-refractivity contribution in [2.24, 2.45) is 11.0 Å². The number of amides is 1. The van der Waals surface area contributed by atoms with E-state index in [1.807, 2.05) is 11.0 Å². The summed E-state index contributed by atoms with van der Waals surface area (Å²) in [5.74, 6) is -1.06. The Kier molecular flexibility index (Phi) is 5.16. The Labute approximate surface area is 166 Å². The maximum Gasteiger partial charge on any atom is 0.246 e. The first-order valence-corrected chi connectivity index (χ1v) is 9.34. The molecule has 0 unspecified atom stereocenters. The van der Waals surface area contributed by atoms with Crippen LogP contribution < -0.4 is 4.90 Å². The maximum atomic E-state index is 13.6. The second-order valence-electron chi connectivity index (χ2n) is 7.07. The number of benzene rings is 1.